The molecule has 114 valence electrons. The van der Waals surface area contributed by atoms with E-state index in [1.165, 1.54) is 0 Å². The van der Waals surface area contributed by atoms with E-state index >= 15 is 0 Å². The number of carbonyl (C=O) groups is 1. The van der Waals surface area contributed by atoms with Crippen molar-refractivity contribution in [1.29, 1.82) is 0 Å². The van der Waals surface area contributed by atoms with Crippen LogP contribution in [0.4, 0.5) is 0 Å². The zero-order valence-corrected chi connectivity index (χ0v) is 12.0. The van der Waals surface area contributed by atoms with Crippen molar-refractivity contribution >= 4 is 5.91 Å². The first-order chi connectivity index (χ1) is 9.22. The van der Waals surface area contributed by atoms with Crippen LogP contribution in [0.3, 0.4) is 0 Å². The summed E-state index contributed by atoms with van der Waals surface area (Å²) >= 11 is 0. The minimum Gasteiger partial charge on any atom is -0.379 e. The highest BCUT2D eigenvalue weighted by molar-refractivity contribution is 5.81. The third-order valence-corrected chi connectivity index (χ3v) is 2.57. The first-order valence-electron chi connectivity index (χ1n) is 7.11. The Morgan fingerprint density at radius 3 is 2.47 bits per heavy atom. The summed E-state index contributed by atoms with van der Waals surface area (Å²) in [4.78, 5) is 11.6. The van der Waals surface area contributed by atoms with Crippen LogP contribution < -0.4 is 16.8 Å². The fourth-order valence-corrected chi connectivity index (χ4v) is 1.48. The lowest BCUT2D eigenvalue weighted by molar-refractivity contribution is -0.122. The number of ether oxygens (including phenoxy) is 2. The standard InChI is InChI=1S/C13H29N3O3/c1-2-8-18-10-11-19-9-7-16-13(17)12(15)5-3-4-6-14/h12H,2-11,14-15H2,1H3,(H,16,17)/t12-/m0/s1. The lowest BCUT2D eigenvalue weighted by Crippen LogP contribution is -2.41. The van der Waals surface area contributed by atoms with Crippen LogP contribution in [-0.4, -0.2) is 51.5 Å². The molecule has 0 aromatic carbocycles. The number of hydrogen-bond acceptors (Lipinski definition) is 5. The molecule has 0 radical (unpaired) electrons. The summed E-state index contributed by atoms with van der Waals surface area (Å²) in [6, 6.07) is -0.445. The number of hydrogen-bond donors (Lipinski definition) is 3. The van der Waals surface area contributed by atoms with Crippen LogP contribution in [-0.2, 0) is 14.3 Å². The van der Waals surface area contributed by atoms with Gasteiger partial charge in [0.1, 0.15) is 0 Å². The van der Waals surface area contributed by atoms with Crippen molar-refractivity contribution in [3.8, 4) is 0 Å². The second-order valence-corrected chi connectivity index (χ2v) is 4.41. The average Bonchev–Trinajstić information content (AvgIpc) is 2.41. The lowest BCUT2D eigenvalue weighted by Gasteiger charge is -2.12. The van der Waals surface area contributed by atoms with Crippen molar-refractivity contribution in [2.75, 3.05) is 39.5 Å². The molecule has 0 unspecified atom stereocenters. The van der Waals surface area contributed by atoms with Gasteiger partial charge in [0.05, 0.1) is 25.9 Å². The Morgan fingerprint density at radius 1 is 1.16 bits per heavy atom. The van der Waals surface area contributed by atoms with Crippen LogP contribution in [0.5, 0.6) is 0 Å². The van der Waals surface area contributed by atoms with Crippen LogP contribution in [0.2, 0.25) is 0 Å². The van der Waals surface area contributed by atoms with Crippen LogP contribution in [0.15, 0.2) is 0 Å². The zero-order chi connectivity index (χ0) is 14.3. The fourth-order valence-electron chi connectivity index (χ4n) is 1.48. The van der Waals surface area contributed by atoms with Crippen LogP contribution in [0.1, 0.15) is 32.6 Å². The SMILES string of the molecule is CCCOCCOCCNC(=O)[C@@H](N)CCCCN. The molecule has 0 aliphatic rings. The molecule has 0 heterocycles. The maximum atomic E-state index is 11.6. The molecule has 0 fully saturated rings. The highest BCUT2D eigenvalue weighted by Crippen LogP contribution is 1.97. The maximum Gasteiger partial charge on any atom is 0.236 e. The Kier molecular flexibility index (Phi) is 13.2. The highest BCUT2D eigenvalue weighted by Gasteiger charge is 2.11. The summed E-state index contributed by atoms with van der Waals surface area (Å²) in [6.07, 6.45) is 3.48. The lowest BCUT2D eigenvalue weighted by atomic mass is 10.1. The summed E-state index contributed by atoms with van der Waals surface area (Å²) in [6.45, 7) is 5.58. The van der Waals surface area contributed by atoms with E-state index in [9.17, 15) is 4.79 Å². The van der Waals surface area contributed by atoms with Gasteiger partial charge < -0.3 is 26.3 Å². The molecule has 0 aliphatic heterocycles. The van der Waals surface area contributed by atoms with Crippen molar-refractivity contribution in [1.82, 2.24) is 5.32 Å². The number of unbranched alkanes of at least 4 members (excludes halogenated alkanes) is 1. The van der Waals surface area contributed by atoms with E-state index in [-0.39, 0.29) is 5.91 Å². The van der Waals surface area contributed by atoms with Gasteiger partial charge in [-0.1, -0.05) is 13.3 Å². The van der Waals surface area contributed by atoms with Crippen molar-refractivity contribution in [3.05, 3.63) is 0 Å². The van der Waals surface area contributed by atoms with Gasteiger partial charge >= 0.3 is 0 Å². The topological polar surface area (TPSA) is 99.6 Å². The molecule has 0 spiro atoms. The quantitative estimate of drug-likeness (QED) is 0.411. The third-order valence-electron chi connectivity index (χ3n) is 2.57. The Hall–Kier alpha value is -0.690. The zero-order valence-electron chi connectivity index (χ0n) is 12.0. The maximum absolute atomic E-state index is 11.6. The Labute approximate surface area is 116 Å². The Balaban J connectivity index is 3.32. The molecule has 1 amide bonds. The summed E-state index contributed by atoms with van der Waals surface area (Å²) in [5.41, 5.74) is 11.1. The molecule has 0 aromatic heterocycles. The predicted octanol–water partition coefficient (Wildman–Crippen LogP) is 0.00210. The van der Waals surface area contributed by atoms with Crippen LogP contribution in [0, 0.1) is 0 Å². The van der Waals surface area contributed by atoms with Crippen LogP contribution >= 0.6 is 0 Å². The van der Waals surface area contributed by atoms with Gasteiger partial charge in [-0.15, -0.1) is 0 Å². The molecule has 0 aromatic rings. The van der Waals surface area contributed by atoms with Gasteiger partial charge in [0.25, 0.3) is 0 Å². The van der Waals surface area contributed by atoms with Gasteiger partial charge in [0, 0.05) is 13.2 Å². The predicted molar refractivity (Wildman–Crippen MR) is 75.8 cm³/mol. The minimum atomic E-state index is -0.445. The Morgan fingerprint density at radius 2 is 1.84 bits per heavy atom. The molecule has 0 aliphatic carbocycles. The third kappa shape index (κ3) is 12.1. The second kappa shape index (κ2) is 13.7. The molecular formula is C13H29N3O3. The summed E-state index contributed by atoms with van der Waals surface area (Å²) in [5.74, 6) is -0.122. The monoisotopic (exact) mass is 275 g/mol. The Bertz CT molecular complexity index is 215. The second-order valence-electron chi connectivity index (χ2n) is 4.41. The van der Waals surface area contributed by atoms with E-state index < -0.39 is 6.04 Å². The molecule has 19 heavy (non-hydrogen) atoms. The molecular weight excluding hydrogens is 246 g/mol. The first kappa shape index (κ1) is 18.3. The molecule has 0 saturated heterocycles. The van der Waals surface area contributed by atoms with Gasteiger partial charge in [-0.25, -0.2) is 0 Å². The van der Waals surface area contributed by atoms with Crippen molar-refractivity contribution in [2.24, 2.45) is 11.5 Å². The summed E-state index contributed by atoms with van der Waals surface area (Å²) in [5, 5.41) is 2.75. The van der Waals surface area contributed by atoms with E-state index in [1.807, 2.05) is 0 Å². The smallest absolute Gasteiger partial charge is 0.236 e. The van der Waals surface area contributed by atoms with Crippen LogP contribution in [0.25, 0.3) is 0 Å². The molecule has 0 saturated carbocycles. The molecule has 1 atom stereocenters. The van der Waals surface area contributed by atoms with Gasteiger partial charge in [-0.2, -0.15) is 0 Å². The number of amides is 1. The first-order valence-corrected chi connectivity index (χ1v) is 7.11. The minimum absolute atomic E-state index is 0.122. The molecule has 6 nitrogen and oxygen atoms in total. The molecule has 0 rings (SSSR count). The van der Waals surface area contributed by atoms with E-state index in [0.29, 0.717) is 39.3 Å². The van der Waals surface area contributed by atoms with E-state index in [0.717, 1.165) is 25.9 Å². The van der Waals surface area contributed by atoms with Gasteiger partial charge in [0.2, 0.25) is 5.91 Å². The average molecular weight is 275 g/mol. The normalized spacial score (nSPS) is 12.4. The number of nitrogens with one attached hydrogen (secondary N) is 1. The van der Waals surface area contributed by atoms with E-state index in [1.54, 1.807) is 0 Å². The van der Waals surface area contributed by atoms with Crippen molar-refractivity contribution in [2.45, 2.75) is 38.6 Å². The molecule has 0 bridgehead atoms. The molecule has 5 N–H and O–H groups in total. The number of carbonyl (C=O) groups excluding carboxylic acids is 1. The van der Waals surface area contributed by atoms with E-state index in [2.05, 4.69) is 12.2 Å². The molecule has 6 heteroatoms. The fraction of sp³-hybridized carbons (Fsp3) is 0.923. The summed E-state index contributed by atoms with van der Waals surface area (Å²) < 4.78 is 10.6. The van der Waals surface area contributed by atoms with Crippen molar-refractivity contribution < 1.29 is 14.3 Å². The highest BCUT2D eigenvalue weighted by atomic mass is 16.5. The largest absolute Gasteiger partial charge is 0.379 e. The number of rotatable bonds is 13. The van der Waals surface area contributed by atoms with Gasteiger partial charge in [-0.05, 0) is 25.8 Å². The van der Waals surface area contributed by atoms with E-state index in [4.69, 9.17) is 20.9 Å². The van der Waals surface area contributed by atoms with Gasteiger partial charge in [0.15, 0.2) is 0 Å². The van der Waals surface area contributed by atoms with Crippen molar-refractivity contribution in [3.63, 3.8) is 0 Å². The number of nitrogens with two attached hydrogens (primary N) is 2. The summed E-state index contributed by atoms with van der Waals surface area (Å²) in [7, 11) is 0. The van der Waals surface area contributed by atoms with Gasteiger partial charge in [-0.3, -0.25) is 4.79 Å².